The van der Waals surface area contributed by atoms with Crippen LogP contribution in [0, 0.1) is 0 Å². The van der Waals surface area contributed by atoms with Crippen LogP contribution in [0.25, 0.3) is 11.3 Å². The molecule has 1 aliphatic carbocycles. The van der Waals surface area contributed by atoms with E-state index in [1.54, 1.807) is 23.6 Å². The van der Waals surface area contributed by atoms with E-state index >= 15 is 4.39 Å². The fourth-order valence-electron chi connectivity index (χ4n) is 2.24. The van der Waals surface area contributed by atoms with Crippen LogP contribution in [0.2, 0.25) is 10.0 Å². The minimum Gasteiger partial charge on any atom is -0.366 e. The molecule has 0 bridgehead atoms. The van der Waals surface area contributed by atoms with E-state index in [9.17, 15) is 4.79 Å². The van der Waals surface area contributed by atoms with E-state index in [0.717, 1.165) is 0 Å². The number of carbonyl (C=O) groups excluding carboxylic acids is 1. The third kappa shape index (κ3) is 3.17. The molecule has 3 nitrogen and oxygen atoms in total. The number of benzene rings is 1. The van der Waals surface area contributed by atoms with Crippen molar-refractivity contribution in [1.29, 1.82) is 0 Å². The van der Waals surface area contributed by atoms with Crippen molar-refractivity contribution in [2.75, 3.05) is 0 Å². The molecule has 1 aliphatic rings. The Hall–Kier alpha value is -1.69. The molecule has 0 fully saturated rings. The van der Waals surface area contributed by atoms with Gasteiger partial charge in [0.2, 0.25) is 5.91 Å². The highest BCUT2D eigenvalue weighted by atomic mass is 35.5. The lowest BCUT2D eigenvalue weighted by Crippen LogP contribution is -2.22. The topological polar surface area (TPSA) is 56.0 Å². The molecule has 0 radical (unpaired) electrons. The zero-order valence-electron chi connectivity index (χ0n) is 11.7. The number of nitrogens with zero attached hydrogens (tertiary/aromatic N) is 1. The molecule has 3 rings (SSSR count). The van der Waals surface area contributed by atoms with Crippen molar-refractivity contribution in [2.45, 2.75) is 12.1 Å². The van der Waals surface area contributed by atoms with Gasteiger partial charge in [0.1, 0.15) is 5.01 Å². The molecule has 0 saturated carbocycles. The maximum atomic E-state index is 15.0. The molecule has 23 heavy (non-hydrogen) atoms. The zero-order chi connectivity index (χ0) is 16.6. The Bertz CT molecular complexity index is 846. The Morgan fingerprint density at radius 2 is 2.17 bits per heavy atom. The summed E-state index contributed by atoms with van der Waals surface area (Å²) in [6, 6.07) is 5.07. The van der Waals surface area contributed by atoms with Crippen molar-refractivity contribution in [3.05, 3.63) is 62.4 Å². The molecule has 0 saturated heterocycles. The van der Waals surface area contributed by atoms with Gasteiger partial charge in [-0.3, -0.25) is 4.79 Å². The Kier molecular flexibility index (Phi) is 4.27. The predicted molar refractivity (Wildman–Crippen MR) is 91.4 cm³/mol. The molecule has 118 valence electrons. The number of hydrogen-bond acceptors (Lipinski definition) is 3. The number of hydrogen-bond donors (Lipinski definition) is 1. The van der Waals surface area contributed by atoms with Gasteiger partial charge < -0.3 is 5.73 Å². The summed E-state index contributed by atoms with van der Waals surface area (Å²) in [5, 5.41) is 3.02. The van der Waals surface area contributed by atoms with Gasteiger partial charge in [0.15, 0.2) is 5.67 Å². The normalized spacial score (nSPS) is 20.4. The molecule has 1 amide bonds. The van der Waals surface area contributed by atoms with Crippen molar-refractivity contribution in [1.82, 2.24) is 4.98 Å². The van der Waals surface area contributed by atoms with Gasteiger partial charge in [-0.2, -0.15) is 0 Å². The largest absolute Gasteiger partial charge is 0.366 e. The molecule has 2 N–H and O–H groups in total. The lowest BCUT2D eigenvalue weighted by Gasteiger charge is -2.20. The number of allylic oxidation sites excluding steroid dienone is 2. The van der Waals surface area contributed by atoms with Crippen LogP contribution in [-0.4, -0.2) is 10.9 Å². The smallest absolute Gasteiger partial charge is 0.248 e. The quantitative estimate of drug-likeness (QED) is 0.856. The van der Waals surface area contributed by atoms with Gasteiger partial charge in [0.25, 0.3) is 0 Å². The molecule has 1 aromatic heterocycles. The van der Waals surface area contributed by atoms with Crippen LogP contribution in [0.5, 0.6) is 0 Å². The molecule has 1 unspecified atom stereocenters. The molecule has 2 aromatic rings. The number of nitrogens with two attached hydrogens (primary N) is 1. The summed E-state index contributed by atoms with van der Waals surface area (Å²) in [5.74, 6) is -0.573. The molecule has 0 aliphatic heterocycles. The molecular weight excluding hydrogens is 358 g/mol. The van der Waals surface area contributed by atoms with E-state index in [0.29, 0.717) is 31.9 Å². The van der Waals surface area contributed by atoms with Gasteiger partial charge in [0.05, 0.1) is 10.7 Å². The third-order valence-corrected chi connectivity index (χ3v) is 5.04. The van der Waals surface area contributed by atoms with E-state index < -0.39 is 11.6 Å². The van der Waals surface area contributed by atoms with Crippen LogP contribution >= 0.6 is 34.5 Å². The number of primary amides is 1. The summed E-state index contributed by atoms with van der Waals surface area (Å²) < 4.78 is 15.0. The van der Waals surface area contributed by atoms with Gasteiger partial charge in [-0.25, -0.2) is 9.37 Å². The van der Waals surface area contributed by atoms with Crippen molar-refractivity contribution in [3.63, 3.8) is 0 Å². The van der Waals surface area contributed by atoms with E-state index in [4.69, 9.17) is 28.9 Å². The lowest BCUT2D eigenvalue weighted by atomic mass is 9.94. The second-order valence-corrected chi connectivity index (χ2v) is 6.79. The van der Waals surface area contributed by atoms with Crippen LogP contribution < -0.4 is 5.73 Å². The molecule has 1 aromatic carbocycles. The van der Waals surface area contributed by atoms with Gasteiger partial charge in [0, 0.05) is 28.0 Å². The highest BCUT2D eigenvalue weighted by Crippen LogP contribution is 2.40. The maximum absolute atomic E-state index is 15.0. The second kappa shape index (κ2) is 6.07. The zero-order valence-corrected chi connectivity index (χ0v) is 14.1. The molecular formula is C16H11Cl2FN2OS. The Morgan fingerprint density at radius 3 is 2.78 bits per heavy atom. The lowest BCUT2D eigenvalue weighted by molar-refractivity contribution is -0.114. The first-order chi connectivity index (χ1) is 10.9. The van der Waals surface area contributed by atoms with Crippen molar-refractivity contribution < 1.29 is 9.18 Å². The highest BCUT2D eigenvalue weighted by Gasteiger charge is 2.34. The first-order valence-corrected chi connectivity index (χ1v) is 8.32. The maximum Gasteiger partial charge on any atom is 0.248 e. The fourth-order valence-corrected chi connectivity index (χ4v) is 3.65. The first-order valence-electron chi connectivity index (χ1n) is 6.68. The minimum absolute atomic E-state index is 0.0169. The number of rotatable bonds is 3. The van der Waals surface area contributed by atoms with E-state index in [1.807, 2.05) is 0 Å². The molecule has 7 heteroatoms. The summed E-state index contributed by atoms with van der Waals surface area (Å²) in [6.45, 7) is 0. The number of thiazole rings is 1. The number of halogens is 3. The van der Waals surface area contributed by atoms with E-state index in [1.165, 1.54) is 29.6 Å². The van der Waals surface area contributed by atoms with Gasteiger partial charge in [-0.05, 0) is 24.3 Å². The Balaban J connectivity index is 1.91. The van der Waals surface area contributed by atoms with Gasteiger partial charge in [-0.1, -0.05) is 35.4 Å². The first kappa shape index (κ1) is 16.2. The minimum atomic E-state index is -1.75. The van der Waals surface area contributed by atoms with Crippen LogP contribution in [0.15, 0.2) is 47.4 Å². The summed E-state index contributed by atoms with van der Waals surface area (Å²) in [6.07, 6.45) is 4.21. The SMILES string of the molecule is NC(=O)C1=CCC(F)(c2nc(-c3ccc(Cl)cc3Cl)cs2)C=C1. The fraction of sp³-hybridized carbons (Fsp3) is 0.125. The van der Waals surface area contributed by atoms with Crippen LogP contribution in [-0.2, 0) is 10.5 Å². The Labute approximate surface area is 146 Å². The van der Waals surface area contributed by atoms with Crippen LogP contribution in [0.4, 0.5) is 4.39 Å². The molecule has 1 heterocycles. The summed E-state index contributed by atoms with van der Waals surface area (Å²) in [5.41, 5.74) is 5.01. The molecule has 0 spiro atoms. The highest BCUT2D eigenvalue weighted by molar-refractivity contribution is 7.10. The van der Waals surface area contributed by atoms with Gasteiger partial charge in [-0.15, -0.1) is 11.3 Å². The third-order valence-electron chi connectivity index (χ3n) is 3.50. The van der Waals surface area contributed by atoms with Crippen molar-refractivity contribution in [2.24, 2.45) is 5.73 Å². The van der Waals surface area contributed by atoms with E-state index in [-0.39, 0.29) is 6.42 Å². The number of carbonyl (C=O) groups is 1. The summed E-state index contributed by atoms with van der Waals surface area (Å²) in [7, 11) is 0. The second-order valence-electron chi connectivity index (χ2n) is 5.09. The van der Waals surface area contributed by atoms with Crippen molar-refractivity contribution in [3.8, 4) is 11.3 Å². The average molecular weight is 369 g/mol. The van der Waals surface area contributed by atoms with Gasteiger partial charge >= 0.3 is 0 Å². The molecule has 1 atom stereocenters. The number of amides is 1. The monoisotopic (exact) mass is 368 g/mol. The van der Waals surface area contributed by atoms with Crippen LogP contribution in [0.3, 0.4) is 0 Å². The standard InChI is InChI=1S/C16H11Cl2FN2OS/c17-10-1-2-11(12(18)7-10)13-8-23-15(21-13)16(19)5-3-9(4-6-16)14(20)22/h1-5,7-8H,6H2,(H2,20,22). The average Bonchev–Trinajstić information content (AvgIpc) is 2.98. The Morgan fingerprint density at radius 1 is 1.39 bits per heavy atom. The number of alkyl halides is 1. The predicted octanol–water partition coefficient (Wildman–Crippen LogP) is 4.65. The van der Waals surface area contributed by atoms with E-state index in [2.05, 4.69) is 4.98 Å². The summed E-state index contributed by atoms with van der Waals surface area (Å²) in [4.78, 5) is 15.5. The van der Waals surface area contributed by atoms with Crippen molar-refractivity contribution >= 4 is 40.4 Å². The summed E-state index contributed by atoms with van der Waals surface area (Å²) >= 11 is 13.2. The number of aromatic nitrogens is 1. The van der Waals surface area contributed by atoms with Crippen LogP contribution in [0.1, 0.15) is 11.4 Å².